The van der Waals surface area contributed by atoms with Crippen LogP contribution in [0.4, 0.5) is 56.8 Å². The van der Waals surface area contributed by atoms with E-state index in [-0.39, 0.29) is 0 Å². The zero-order valence-electron chi connectivity index (χ0n) is 30.0. The first kappa shape index (κ1) is 50.7. The molecule has 11 nitrogen and oxygen atoms in total. The molecule has 0 aliphatic heterocycles. The average molecular weight is 780 g/mol. The molecule has 0 saturated carbocycles. The highest BCUT2D eigenvalue weighted by atomic mass is 19.4. The van der Waals surface area contributed by atoms with Gasteiger partial charge in [-0.3, -0.25) is 0 Å². The van der Waals surface area contributed by atoms with E-state index in [0.29, 0.717) is 0 Å². The quantitative estimate of drug-likeness (QED) is 0.0841. The van der Waals surface area contributed by atoms with Crippen LogP contribution in [0.1, 0.15) is 91.9 Å². The van der Waals surface area contributed by atoms with Crippen LogP contribution in [0.5, 0.6) is 0 Å². The summed E-state index contributed by atoms with van der Waals surface area (Å²) < 4.78 is 99.1. The van der Waals surface area contributed by atoms with E-state index < -0.39 is 36.4 Å². The lowest BCUT2D eigenvalue weighted by atomic mass is 10.2. The van der Waals surface area contributed by atoms with Gasteiger partial charge in [-0.15, -0.1) is 0 Å². The molecule has 0 aliphatic rings. The van der Waals surface area contributed by atoms with Gasteiger partial charge in [-0.1, -0.05) is 71.3 Å². The fraction of sp³-hybridized carbons (Fsp3) is 0.636. The van der Waals surface area contributed by atoms with Crippen LogP contribution in [-0.4, -0.2) is 54.1 Å². The minimum absolute atomic E-state index is 0.918. The van der Waals surface area contributed by atoms with Crippen molar-refractivity contribution < 1.29 is 73.8 Å². The first-order valence-corrected chi connectivity index (χ1v) is 16.8. The largest absolute Gasteiger partial charge is 0.542 e. The summed E-state index contributed by atoms with van der Waals surface area (Å²) in [5.74, 6) is -8.07. The third-order valence-corrected chi connectivity index (χ3v) is 6.67. The molecule has 0 radical (unpaired) electrons. The molecule has 0 atom stereocenters. The van der Waals surface area contributed by atoms with Gasteiger partial charge in [0.05, 0.1) is 25.5 Å². The number of nitrogens with zero attached hydrogens (tertiary/aromatic N) is 5. The number of carboxylic acid groups (broad SMARTS) is 3. The van der Waals surface area contributed by atoms with E-state index >= 15 is 0 Å². The number of azo groups is 1. The van der Waals surface area contributed by atoms with Crippen molar-refractivity contribution in [1.82, 2.24) is 4.57 Å². The Labute approximate surface area is 302 Å². The molecule has 1 heterocycles. The lowest BCUT2D eigenvalue weighted by Gasteiger charge is -2.25. The molecule has 2 aromatic rings. The lowest BCUT2D eigenvalue weighted by molar-refractivity contribution is -0.684. The predicted molar refractivity (Wildman–Crippen MR) is 170 cm³/mol. The molecular formula is C33H46F9N5O6-2. The maximum absolute atomic E-state index is 10.5. The number of halogens is 9. The summed E-state index contributed by atoms with van der Waals surface area (Å²) in [6.07, 6.45) is 1.03. The second kappa shape index (κ2) is 26.4. The van der Waals surface area contributed by atoms with Crippen molar-refractivity contribution in [2.75, 3.05) is 18.0 Å². The summed E-state index contributed by atoms with van der Waals surface area (Å²) in [4.78, 5) is 28.9. The fourth-order valence-corrected chi connectivity index (χ4v) is 3.89. The smallest absolute Gasteiger partial charge is 0.430 e. The standard InChI is InChI=1S/C27H46N5.3C2HF3O2/c1-5-9-13-21-30(22-14-10-6-2)26-17-15-25(16-18-26)28-29-27-31(19-11-7-3)23-24-32(27)20-12-8-4;3*3-2(4,5)1(6)7/h15-18,23-24H,5-14,19-22H2,1-4H3;3*(H,6,7)/q+1;;;/p-3. The van der Waals surface area contributed by atoms with Crippen molar-refractivity contribution in [1.29, 1.82) is 0 Å². The van der Waals surface area contributed by atoms with Gasteiger partial charge in [0.25, 0.3) is 0 Å². The summed E-state index contributed by atoms with van der Waals surface area (Å²) in [6.45, 7) is 13.3. The van der Waals surface area contributed by atoms with E-state index in [9.17, 15) is 39.5 Å². The number of carbonyl (C=O) groups is 3. The molecule has 304 valence electrons. The van der Waals surface area contributed by atoms with Gasteiger partial charge in [0.15, 0.2) is 0 Å². The van der Waals surface area contributed by atoms with Crippen LogP contribution in [0.3, 0.4) is 0 Å². The van der Waals surface area contributed by atoms with Crippen LogP contribution < -0.4 is 24.8 Å². The Balaban J connectivity index is 0. The van der Waals surface area contributed by atoms with E-state index in [0.717, 1.165) is 50.7 Å². The van der Waals surface area contributed by atoms with Crippen LogP contribution in [0.25, 0.3) is 0 Å². The van der Waals surface area contributed by atoms with Crippen LogP contribution in [-0.2, 0) is 27.5 Å². The van der Waals surface area contributed by atoms with E-state index in [1.54, 1.807) is 0 Å². The summed E-state index contributed by atoms with van der Waals surface area (Å²) in [5, 5.41) is 35.6. The SMILES string of the molecule is CCCCCN(CCCCC)c1ccc(N=Nc2n(CCCC)cc[n+]2CCCC)cc1.O=C([O-])C(F)(F)F.O=C([O-])C(F)(F)F.O=C([O-])C(F)(F)F. The Bertz CT molecular complexity index is 1250. The van der Waals surface area contributed by atoms with Crippen molar-refractivity contribution in [3.63, 3.8) is 0 Å². The second-order valence-electron chi connectivity index (χ2n) is 11.2. The van der Waals surface area contributed by atoms with E-state index in [1.165, 1.54) is 57.1 Å². The molecule has 0 N–H and O–H groups in total. The van der Waals surface area contributed by atoms with Gasteiger partial charge in [0.1, 0.15) is 23.6 Å². The number of rotatable bonds is 17. The summed E-state index contributed by atoms with van der Waals surface area (Å²) in [6, 6.07) is 8.66. The summed E-state index contributed by atoms with van der Waals surface area (Å²) in [7, 11) is 0. The number of hydrogen-bond donors (Lipinski definition) is 0. The van der Waals surface area contributed by atoms with E-state index in [4.69, 9.17) is 29.7 Å². The van der Waals surface area contributed by atoms with Gasteiger partial charge < -0.3 is 34.6 Å². The molecule has 2 rings (SSSR count). The minimum Gasteiger partial charge on any atom is -0.542 e. The number of unbranched alkanes of at least 4 members (excludes halogenated alkanes) is 6. The van der Waals surface area contributed by atoms with Crippen molar-refractivity contribution in [3.8, 4) is 0 Å². The van der Waals surface area contributed by atoms with Gasteiger partial charge >= 0.3 is 24.5 Å². The highest BCUT2D eigenvalue weighted by molar-refractivity contribution is 5.71. The first-order chi connectivity index (χ1) is 24.6. The van der Waals surface area contributed by atoms with Crippen molar-refractivity contribution in [2.45, 2.75) is 124 Å². The van der Waals surface area contributed by atoms with Crippen LogP contribution in [0.2, 0.25) is 0 Å². The topological polar surface area (TPSA) is 157 Å². The van der Waals surface area contributed by atoms with Crippen LogP contribution in [0, 0.1) is 0 Å². The van der Waals surface area contributed by atoms with Gasteiger partial charge in [0, 0.05) is 23.9 Å². The Kier molecular flexibility index (Phi) is 25.2. The van der Waals surface area contributed by atoms with Crippen molar-refractivity contribution >= 4 is 35.2 Å². The molecule has 0 amide bonds. The average Bonchev–Trinajstić information content (AvgIpc) is 3.45. The third-order valence-electron chi connectivity index (χ3n) is 6.67. The second-order valence-corrected chi connectivity index (χ2v) is 11.2. The molecule has 53 heavy (non-hydrogen) atoms. The Morgan fingerprint density at radius 2 is 1.04 bits per heavy atom. The maximum atomic E-state index is 10.5. The number of imidazole rings is 1. The van der Waals surface area contributed by atoms with Gasteiger partial charge in [0.2, 0.25) is 0 Å². The number of hydrogen-bond acceptors (Lipinski definition) is 9. The minimum atomic E-state index is -5.19. The zero-order chi connectivity index (χ0) is 41.3. The number of aryl methyl sites for hydroxylation is 2. The van der Waals surface area contributed by atoms with Crippen LogP contribution in [0.15, 0.2) is 46.9 Å². The number of aliphatic carboxylic acids is 3. The summed E-state index contributed by atoms with van der Waals surface area (Å²) in [5.41, 5.74) is 2.22. The van der Waals surface area contributed by atoms with Crippen molar-refractivity contribution in [2.24, 2.45) is 10.2 Å². The zero-order valence-corrected chi connectivity index (χ0v) is 30.0. The van der Waals surface area contributed by atoms with E-state index in [1.807, 2.05) is 0 Å². The molecule has 0 fully saturated rings. The Morgan fingerprint density at radius 1 is 0.642 bits per heavy atom. The van der Waals surface area contributed by atoms with Gasteiger partial charge in [-0.25, -0.2) is 9.13 Å². The fourth-order valence-electron chi connectivity index (χ4n) is 3.89. The van der Waals surface area contributed by atoms with Gasteiger partial charge in [-0.05, 0) is 49.9 Å². The van der Waals surface area contributed by atoms with Gasteiger partial charge in [-0.2, -0.15) is 39.5 Å². The highest BCUT2D eigenvalue weighted by Gasteiger charge is 2.30. The highest BCUT2D eigenvalue weighted by Crippen LogP contribution is 2.23. The molecule has 0 saturated heterocycles. The molecule has 1 aromatic heterocycles. The Hall–Kier alpha value is -4.39. The number of anilines is 1. The van der Waals surface area contributed by atoms with E-state index in [2.05, 4.69) is 88.6 Å². The van der Waals surface area contributed by atoms with Crippen molar-refractivity contribution in [3.05, 3.63) is 36.7 Å². The molecule has 20 heteroatoms. The molecule has 0 spiro atoms. The summed E-state index contributed by atoms with van der Waals surface area (Å²) >= 11 is 0. The molecule has 0 bridgehead atoms. The maximum Gasteiger partial charge on any atom is 0.430 e. The number of alkyl halides is 9. The number of benzene rings is 1. The molecule has 0 aliphatic carbocycles. The first-order valence-electron chi connectivity index (χ1n) is 16.8. The molecule has 0 unspecified atom stereocenters. The molecule has 1 aromatic carbocycles. The predicted octanol–water partition coefficient (Wildman–Crippen LogP) is 5.87. The van der Waals surface area contributed by atoms with Crippen LogP contribution >= 0.6 is 0 Å². The number of aromatic nitrogens is 2. The normalized spacial score (nSPS) is 11.4. The molecular weight excluding hydrogens is 733 g/mol. The number of carbonyl (C=O) groups excluding carboxylic acids is 3. The lowest BCUT2D eigenvalue weighted by Crippen LogP contribution is -2.37. The monoisotopic (exact) mass is 779 g/mol. The Morgan fingerprint density at radius 3 is 1.40 bits per heavy atom. The number of carboxylic acids is 3. The third kappa shape index (κ3) is 24.5.